The summed E-state index contributed by atoms with van der Waals surface area (Å²) in [7, 11) is 0. The maximum absolute atomic E-state index is 12.6. The van der Waals surface area contributed by atoms with E-state index in [0.29, 0.717) is 17.2 Å². The SMILES string of the molecule is Cc1coc2c(C(=O)N[C@H]3CN4CCC3CC4)nccc12. The van der Waals surface area contributed by atoms with Gasteiger partial charge in [0, 0.05) is 24.2 Å². The number of nitrogens with one attached hydrogen (secondary N) is 1. The Kier molecular flexibility index (Phi) is 2.96. The topological polar surface area (TPSA) is 58.4 Å². The molecule has 3 fully saturated rings. The van der Waals surface area contributed by atoms with Gasteiger partial charge in [-0.3, -0.25) is 4.79 Å². The minimum atomic E-state index is -0.117. The number of nitrogens with zero attached hydrogens (tertiary/aromatic N) is 2. The van der Waals surface area contributed by atoms with Crippen molar-refractivity contribution >= 4 is 16.9 Å². The zero-order chi connectivity index (χ0) is 14.4. The number of hydrogen-bond acceptors (Lipinski definition) is 4. The third kappa shape index (κ3) is 2.12. The molecule has 0 aliphatic carbocycles. The predicted octanol–water partition coefficient (Wildman–Crippen LogP) is 1.96. The number of pyridine rings is 1. The lowest BCUT2D eigenvalue weighted by atomic mass is 9.84. The summed E-state index contributed by atoms with van der Waals surface area (Å²) in [6.45, 7) is 5.27. The maximum atomic E-state index is 12.6. The van der Waals surface area contributed by atoms with Crippen LogP contribution in [0.25, 0.3) is 11.0 Å². The molecule has 3 saturated heterocycles. The fraction of sp³-hybridized carbons (Fsp3) is 0.500. The van der Waals surface area contributed by atoms with Crippen LogP contribution in [-0.4, -0.2) is 41.5 Å². The first-order valence-corrected chi connectivity index (χ1v) is 7.58. The van der Waals surface area contributed by atoms with Crippen molar-refractivity contribution in [3.05, 3.63) is 29.8 Å². The number of piperidine rings is 3. The van der Waals surface area contributed by atoms with Crippen molar-refractivity contribution < 1.29 is 9.21 Å². The molecule has 0 unspecified atom stereocenters. The second-order valence-corrected chi connectivity index (χ2v) is 6.17. The molecule has 5 heterocycles. The van der Waals surface area contributed by atoms with E-state index in [1.807, 2.05) is 13.0 Å². The number of rotatable bonds is 2. The molecule has 2 aromatic rings. The molecular formula is C16H19N3O2. The quantitative estimate of drug-likeness (QED) is 0.916. The van der Waals surface area contributed by atoms with Crippen LogP contribution in [0.2, 0.25) is 0 Å². The standard InChI is InChI=1S/C16H19N3O2/c1-10-9-21-15-12(10)2-5-17-14(15)16(20)18-13-8-19-6-3-11(13)4-7-19/h2,5,9,11,13H,3-4,6-8H2,1H3,(H,18,20)/t13-/m0/s1. The molecule has 0 radical (unpaired) electrons. The molecule has 5 heteroatoms. The van der Waals surface area contributed by atoms with Crippen molar-refractivity contribution in [3.8, 4) is 0 Å². The minimum Gasteiger partial charge on any atom is -0.462 e. The van der Waals surface area contributed by atoms with Gasteiger partial charge in [0.15, 0.2) is 11.3 Å². The first-order valence-electron chi connectivity index (χ1n) is 7.58. The van der Waals surface area contributed by atoms with E-state index in [0.717, 1.165) is 17.5 Å². The van der Waals surface area contributed by atoms with E-state index in [9.17, 15) is 4.79 Å². The fourth-order valence-electron chi connectivity index (χ4n) is 3.62. The van der Waals surface area contributed by atoms with Crippen LogP contribution in [0.4, 0.5) is 0 Å². The Morgan fingerprint density at radius 3 is 2.95 bits per heavy atom. The lowest BCUT2D eigenvalue weighted by Gasteiger charge is -2.44. The van der Waals surface area contributed by atoms with Crippen LogP contribution >= 0.6 is 0 Å². The molecular weight excluding hydrogens is 266 g/mol. The van der Waals surface area contributed by atoms with Gasteiger partial charge >= 0.3 is 0 Å². The second-order valence-electron chi connectivity index (χ2n) is 6.17. The average Bonchev–Trinajstić information content (AvgIpc) is 2.90. The predicted molar refractivity (Wildman–Crippen MR) is 79.2 cm³/mol. The molecule has 2 aromatic heterocycles. The summed E-state index contributed by atoms with van der Waals surface area (Å²) < 4.78 is 5.52. The van der Waals surface area contributed by atoms with Gasteiger partial charge in [0.2, 0.25) is 0 Å². The molecule has 0 spiro atoms. The molecule has 0 aromatic carbocycles. The molecule has 1 atom stereocenters. The van der Waals surface area contributed by atoms with Crippen molar-refractivity contribution in [1.82, 2.24) is 15.2 Å². The van der Waals surface area contributed by atoms with E-state index < -0.39 is 0 Å². The first-order chi connectivity index (χ1) is 10.2. The van der Waals surface area contributed by atoms with E-state index in [1.165, 1.54) is 25.9 Å². The number of amides is 1. The Labute approximate surface area is 123 Å². The van der Waals surface area contributed by atoms with Crippen LogP contribution < -0.4 is 5.32 Å². The molecule has 21 heavy (non-hydrogen) atoms. The number of carbonyl (C=O) groups is 1. The van der Waals surface area contributed by atoms with Gasteiger partial charge in [-0.2, -0.15) is 0 Å². The smallest absolute Gasteiger partial charge is 0.274 e. The zero-order valence-corrected chi connectivity index (χ0v) is 12.1. The second kappa shape index (κ2) is 4.84. The highest BCUT2D eigenvalue weighted by Crippen LogP contribution is 2.28. The Hall–Kier alpha value is -1.88. The molecule has 110 valence electrons. The normalized spacial score (nSPS) is 28.0. The molecule has 5 nitrogen and oxygen atoms in total. The lowest BCUT2D eigenvalue weighted by molar-refractivity contribution is 0.0618. The number of aromatic nitrogens is 1. The number of aryl methyl sites for hydroxylation is 1. The third-order valence-electron chi connectivity index (χ3n) is 4.87. The summed E-state index contributed by atoms with van der Waals surface area (Å²) in [6, 6.07) is 2.13. The van der Waals surface area contributed by atoms with Gasteiger partial charge in [-0.05, 0) is 50.4 Å². The molecule has 2 bridgehead atoms. The van der Waals surface area contributed by atoms with Gasteiger partial charge in [-0.1, -0.05) is 0 Å². The summed E-state index contributed by atoms with van der Waals surface area (Å²) in [5, 5.41) is 4.13. The number of carbonyl (C=O) groups excluding carboxylic acids is 1. The van der Waals surface area contributed by atoms with Gasteiger partial charge in [-0.25, -0.2) is 4.98 Å². The Morgan fingerprint density at radius 1 is 1.43 bits per heavy atom. The van der Waals surface area contributed by atoms with E-state index in [4.69, 9.17) is 4.42 Å². The van der Waals surface area contributed by atoms with Gasteiger partial charge < -0.3 is 14.6 Å². The summed E-state index contributed by atoms with van der Waals surface area (Å²) in [5.74, 6) is 0.491. The molecule has 5 rings (SSSR count). The third-order valence-corrected chi connectivity index (χ3v) is 4.87. The lowest BCUT2D eigenvalue weighted by Crippen LogP contribution is -2.57. The zero-order valence-electron chi connectivity index (χ0n) is 12.1. The van der Waals surface area contributed by atoms with Crippen LogP contribution in [-0.2, 0) is 0 Å². The highest BCUT2D eigenvalue weighted by molar-refractivity contribution is 6.03. The average molecular weight is 285 g/mol. The maximum Gasteiger partial charge on any atom is 0.274 e. The van der Waals surface area contributed by atoms with Crippen LogP contribution in [0.1, 0.15) is 28.9 Å². The summed E-state index contributed by atoms with van der Waals surface area (Å²) >= 11 is 0. The summed E-state index contributed by atoms with van der Waals surface area (Å²) in [5.41, 5.74) is 2.02. The first kappa shape index (κ1) is 12.8. The number of fused-ring (bicyclic) bond motifs is 4. The summed E-state index contributed by atoms with van der Waals surface area (Å²) in [4.78, 5) is 19.2. The largest absolute Gasteiger partial charge is 0.462 e. The van der Waals surface area contributed by atoms with Crippen molar-refractivity contribution in [1.29, 1.82) is 0 Å². The van der Waals surface area contributed by atoms with Gasteiger partial charge in [0.05, 0.1) is 6.26 Å². The van der Waals surface area contributed by atoms with E-state index in [-0.39, 0.29) is 11.9 Å². The van der Waals surface area contributed by atoms with Crippen molar-refractivity contribution in [2.45, 2.75) is 25.8 Å². The number of hydrogen-bond donors (Lipinski definition) is 1. The Bertz CT molecular complexity index is 686. The van der Waals surface area contributed by atoms with E-state index in [2.05, 4.69) is 15.2 Å². The number of furan rings is 1. The van der Waals surface area contributed by atoms with Crippen LogP contribution in [0.3, 0.4) is 0 Å². The van der Waals surface area contributed by atoms with E-state index >= 15 is 0 Å². The molecule has 3 aliphatic rings. The fourth-order valence-corrected chi connectivity index (χ4v) is 3.62. The monoisotopic (exact) mass is 285 g/mol. The minimum absolute atomic E-state index is 0.117. The molecule has 3 aliphatic heterocycles. The van der Waals surface area contributed by atoms with Crippen molar-refractivity contribution in [2.24, 2.45) is 5.92 Å². The van der Waals surface area contributed by atoms with Gasteiger partial charge in [-0.15, -0.1) is 0 Å². The molecule has 1 amide bonds. The molecule has 0 saturated carbocycles. The van der Waals surface area contributed by atoms with Gasteiger partial charge in [0.25, 0.3) is 5.91 Å². The van der Waals surface area contributed by atoms with Crippen molar-refractivity contribution in [2.75, 3.05) is 19.6 Å². The Morgan fingerprint density at radius 2 is 2.24 bits per heavy atom. The van der Waals surface area contributed by atoms with Crippen molar-refractivity contribution in [3.63, 3.8) is 0 Å². The van der Waals surface area contributed by atoms with Gasteiger partial charge in [0.1, 0.15) is 0 Å². The van der Waals surface area contributed by atoms with Crippen LogP contribution in [0, 0.1) is 12.8 Å². The Balaban J connectivity index is 1.59. The highest BCUT2D eigenvalue weighted by atomic mass is 16.3. The summed E-state index contributed by atoms with van der Waals surface area (Å²) in [6.07, 6.45) is 5.72. The van der Waals surface area contributed by atoms with Crippen LogP contribution in [0.5, 0.6) is 0 Å². The highest BCUT2D eigenvalue weighted by Gasteiger charge is 2.35. The van der Waals surface area contributed by atoms with E-state index in [1.54, 1.807) is 12.5 Å². The molecule has 1 N–H and O–H groups in total. The van der Waals surface area contributed by atoms with Crippen LogP contribution in [0.15, 0.2) is 22.9 Å².